The highest BCUT2D eigenvalue weighted by Crippen LogP contribution is 2.41. The predicted octanol–water partition coefficient (Wildman–Crippen LogP) is 2.04. The number of primary amides is 1. The number of Topliss-reactive ketones (excluding diaryl/α,β-unsaturated/α-hetero) is 1. The van der Waals surface area contributed by atoms with E-state index in [0.717, 1.165) is 0 Å². The zero-order valence-electron chi connectivity index (χ0n) is 16.5. The van der Waals surface area contributed by atoms with Crippen molar-refractivity contribution in [2.45, 2.75) is 24.2 Å². The van der Waals surface area contributed by atoms with Gasteiger partial charge in [-0.25, -0.2) is 13.4 Å². The van der Waals surface area contributed by atoms with Crippen LogP contribution in [0.2, 0.25) is 0 Å². The third-order valence-corrected chi connectivity index (χ3v) is 6.77. The Morgan fingerprint density at radius 2 is 1.73 bits per heavy atom. The van der Waals surface area contributed by atoms with Crippen molar-refractivity contribution in [1.29, 1.82) is 0 Å². The quantitative estimate of drug-likeness (QED) is 0.521. The molecule has 0 fully saturated rings. The summed E-state index contributed by atoms with van der Waals surface area (Å²) in [7, 11) is -4.43. The Bertz CT molecular complexity index is 1160. The van der Waals surface area contributed by atoms with E-state index in [4.69, 9.17) is 10.2 Å². The molecule has 3 rings (SSSR count). The summed E-state index contributed by atoms with van der Waals surface area (Å²) in [4.78, 5) is 26.8. The number of rotatable bonds is 8. The number of hydrogen-bond acceptors (Lipinski definition) is 7. The molecule has 3 aromatic rings. The van der Waals surface area contributed by atoms with E-state index >= 15 is 0 Å². The normalized spacial score (nSPS) is 16.0. The van der Waals surface area contributed by atoms with Gasteiger partial charge in [-0.2, -0.15) is 0 Å². The van der Waals surface area contributed by atoms with E-state index in [1.165, 1.54) is 12.1 Å². The van der Waals surface area contributed by atoms with E-state index in [0.29, 0.717) is 17.4 Å². The van der Waals surface area contributed by atoms with Gasteiger partial charge in [-0.15, -0.1) is 0 Å². The highest BCUT2D eigenvalue weighted by atomic mass is 32.2. The lowest BCUT2D eigenvalue weighted by molar-refractivity contribution is -0.131. The lowest BCUT2D eigenvalue weighted by Gasteiger charge is -2.36. The number of para-hydroxylation sites is 2. The van der Waals surface area contributed by atoms with Crippen molar-refractivity contribution < 1.29 is 27.5 Å². The Morgan fingerprint density at radius 3 is 2.27 bits per heavy atom. The molecule has 0 radical (unpaired) electrons. The van der Waals surface area contributed by atoms with Crippen molar-refractivity contribution in [2.24, 2.45) is 11.7 Å². The molecule has 9 heteroatoms. The first-order valence-electron chi connectivity index (χ1n) is 9.27. The highest BCUT2D eigenvalue weighted by Gasteiger charge is 2.56. The van der Waals surface area contributed by atoms with E-state index in [1.807, 2.05) is 0 Å². The molecule has 3 atom stereocenters. The van der Waals surface area contributed by atoms with Gasteiger partial charge >= 0.3 is 0 Å². The third kappa shape index (κ3) is 3.61. The molecule has 158 valence electrons. The Morgan fingerprint density at radius 1 is 1.13 bits per heavy atom. The number of amides is 1. The average Bonchev–Trinajstić information content (AvgIpc) is 3.15. The molecule has 0 aliphatic carbocycles. The van der Waals surface area contributed by atoms with Gasteiger partial charge in [0.05, 0.1) is 0 Å². The van der Waals surface area contributed by atoms with Gasteiger partial charge in [-0.1, -0.05) is 49.4 Å². The minimum atomic E-state index is -4.43. The number of aromatic nitrogens is 1. The first-order valence-corrected chi connectivity index (χ1v) is 11.2. The van der Waals surface area contributed by atoms with Gasteiger partial charge in [-0.3, -0.25) is 9.59 Å². The number of nitrogens with zero attached hydrogens (tertiary/aromatic N) is 1. The van der Waals surface area contributed by atoms with E-state index in [2.05, 4.69) is 4.98 Å². The minimum Gasteiger partial charge on any atom is -0.434 e. The van der Waals surface area contributed by atoms with Gasteiger partial charge < -0.3 is 15.3 Å². The summed E-state index contributed by atoms with van der Waals surface area (Å²) in [6.45, 7) is 1.64. The summed E-state index contributed by atoms with van der Waals surface area (Å²) in [5.41, 5.74) is 6.50. The third-order valence-electron chi connectivity index (χ3n) is 5.18. The summed E-state index contributed by atoms with van der Waals surface area (Å²) in [6.07, 6.45) is 0.812. The van der Waals surface area contributed by atoms with Crippen LogP contribution in [0.3, 0.4) is 0 Å². The summed E-state index contributed by atoms with van der Waals surface area (Å²) in [5.74, 6) is -4.93. The van der Waals surface area contributed by atoms with Gasteiger partial charge in [0.15, 0.2) is 15.4 Å². The summed E-state index contributed by atoms with van der Waals surface area (Å²) in [6, 6.07) is 14.8. The molecular formula is C21H22N2O6S. The standard InChI is InChI=1S/C21H22N2O6S/c1-3-14(18(24)19-23-15-11-7-8-12-16(15)29-19)17(13-9-5-4-6-10-13)21(26,20(22)25)30(2,27)28/h4-12,14,17,26H,3H2,1-2H3,(H2,22,25)/t14?,17?,21-/m0/s1. The molecule has 30 heavy (non-hydrogen) atoms. The topological polar surface area (TPSA) is 141 Å². The molecule has 0 saturated heterocycles. The fourth-order valence-corrected chi connectivity index (χ4v) is 4.79. The second-order valence-electron chi connectivity index (χ2n) is 7.09. The van der Waals surface area contributed by atoms with Gasteiger partial charge in [0.1, 0.15) is 5.52 Å². The van der Waals surface area contributed by atoms with Crippen LogP contribution in [-0.4, -0.2) is 41.4 Å². The Kier molecular flexibility index (Phi) is 5.78. The number of ketones is 1. The van der Waals surface area contributed by atoms with Crippen molar-refractivity contribution in [1.82, 2.24) is 4.98 Å². The molecular weight excluding hydrogens is 408 g/mol. The monoisotopic (exact) mass is 430 g/mol. The maximum atomic E-state index is 13.3. The van der Waals surface area contributed by atoms with Crippen molar-refractivity contribution in [3.05, 3.63) is 66.1 Å². The van der Waals surface area contributed by atoms with Crippen LogP contribution in [0.4, 0.5) is 0 Å². The zero-order valence-corrected chi connectivity index (χ0v) is 17.3. The predicted molar refractivity (Wildman–Crippen MR) is 110 cm³/mol. The Balaban J connectivity index is 2.20. The number of oxazole rings is 1. The van der Waals surface area contributed by atoms with Gasteiger partial charge in [0.25, 0.3) is 16.7 Å². The zero-order chi connectivity index (χ0) is 22.1. The molecule has 0 bridgehead atoms. The van der Waals surface area contributed by atoms with Crippen LogP contribution in [0.1, 0.15) is 35.5 Å². The first kappa shape index (κ1) is 21.7. The van der Waals surface area contributed by atoms with Crippen LogP contribution in [-0.2, 0) is 14.6 Å². The van der Waals surface area contributed by atoms with Crippen molar-refractivity contribution in [2.75, 3.05) is 6.26 Å². The van der Waals surface area contributed by atoms with Crippen LogP contribution in [0.15, 0.2) is 59.0 Å². The Hall–Kier alpha value is -3.04. The number of carbonyl (C=O) groups is 2. The van der Waals surface area contributed by atoms with Gasteiger partial charge in [0, 0.05) is 18.1 Å². The summed E-state index contributed by atoms with van der Waals surface area (Å²) < 4.78 is 30.6. The van der Waals surface area contributed by atoms with Crippen LogP contribution >= 0.6 is 0 Å². The Labute approximate surface area is 173 Å². The SMILES string of the molecule is CCC(C(=O)c1nc2ccccc2o1)C(c1ccccc1)[C@@](O)(C(N)=O)S(C)(=O)=O. The van der Waals surface area contributed by atoms with E-state index in [9.17, 15) is 23.1 Å². The molecule has 1 heterocycles. The summed E-state index contributed by atoms with van der Waals surface area (Å²) in [5, 5.41) is 11.1. The molecule has 1 aromatic heterocycles. The molecule has 0 saturated carbocycles. The van der Waals surface area contributed by atoms with Gasteiger partial charge in [-0.05, 0) is 24.1 Å². The van der Waals surface area contributed by atoms with Crippen LogP contribution in [0, 0.1) is 5.92 Å². The summed E-state index contributed by atoms with van der Waals surface area (Å²) >= 11 is 0. The van der Waals surface area contributed by atoms with Crippen LogP contribution in [0.25, 0.3) is 11.1 Å². The molecule has 3 N–H and O–H groups in total. The molecule has 0 spiro atoms. The van der Waals surface area contributed by atoms with E-state index in [-0.39, 0.29) is 17.9 Å². The minimum absolute atomic E-state index is 0.0994. The fraction of sp³-hybridized carbons (Fsp3) is 0.286. The lowest BCUT2D eigenvalue weighted by atomic mass is 9.77. The number of carbonyl (C=O) groups excluding carboxylic acids is 2. The molecule has 0 aliphatic heterocycles. The largest absolute Gasteiger partial charge is 0.434 e. The van der Waals surface area contributed by atoms with Crippen LogP contribution in [0.5, 0.6) is 0 Å². The molecule has 2 aromatic carbocycles. The average molecular weight is 430 g/mol. The molecule has 2 unspecified atom stereocenters. The second kappa shape index (κ2) is 8.00. The number of aliphatic hydroxyl groups is 1. The maximum Gasteiger partial charge on any atom is 0.266 e. The highest BCUT2D eigenvalue weighted by molar-refractivity contribution is 7.92. The second-order valence-corrected chi connectivity index (χ2v) is 9.25. The van der Waals surface area contributed by atoms with Crippen molar-refractivity contribution in [3.8, 4) is 0 Å². The fourth-order valence-electron chi connectivity index (χ4n) is 3.67. The number of sulfone groups is 1. The van der Waals surface area contributed by atoms with Crippen molar-refractivity contribution in [3.63, 3.8) is 0 Å². The van der Waals surface area contributed by atoms with E-state index in [1.54, 1.807) is 49.4 Å². The number of benzene rings is 2. The number of fused-ring (bicyclic) bond motifs is 1. The maximum absolute atomic E-state index is 13.3. The smallest absolute Gasteiger partial charge is 0.266 e. The molecule has 8 nitrogen and oxygen atoms in total. The number of nitrogens with two attached hydrogens (primary N) is 1. The van der Waals surface area contributed by atoms with Crippen molar-refractivity contribution >= 4 is 32.6 Å². The molecule has 0 aliphatic rings. The van der Waals surface area contributed by atoms with Gasteiger partial charge in [0.2, 0.25) is 5.78 Å². The molecule has 1 amide bonds. The van der Waals surface area contributed by atoms with Crippen LogP contribution < -0.4 is 5.73 Å². The van der Waals surface area contributed by atoms with E-state index < -0.39 is 38.3 Å². The number of hydrogen-bond donors (Lipinski definition) is 2. The lowest BCUT2D eigenvalue weighted by Crippen LogP contribution is -2.57. The first-order chi connectivity index (χ1) is 14.1.